The van der Waals surface area contributed by atoms with E-state index >= 15 is 0 Å². The minimum absolute atomic E-state index is 0.0202. The Morgan fingerprint density at radius 1 is 1.24 bits per heavy atom. The van der Waals surface area contributed by atoms with Crippen molar-refractivity contribution in [3.8, 4) is 0 Å². The molecule has 0 radical (unpaired) electrons. The Hall–Kier alpha value is -1.88. The van der Waals surface area contributed by atoms with Crippen LogP contribution in [0.15, 0.2) is 24.3 Å². The number of carboxylic acid groups (broad SMARTS) is 1. The van der Waals surface area contributed by atoms with E-state index in [2.05, 4.69) is 4.98 Å². The first-order chi connectivity index (χ1) is 9.84. The molecule has 0 amide bonds. The van der Waals surface area contributed by atoms with Gasteiger partial charge >= 0.3 is 5.97 Å². The predicted octanol–water partition coefficient (Wildman–Crippen LogP) is 2.94. The van der Waals surface area contributed by atoms with Crippen LogP contribution in [0.2, 0.25) is 0 Å². The quantitative estimate of drug-likeness (QED) is 0.919. The van der Waals surface area contributed by atoms with E-state index in [1.165, 1.54) is 0 Å². The molecular weight excluding hydrogens is 266 g/mol. The monoisotopic (exact) mass is 289 g/mol. The Kier molecular flexibility index (Phi) is 4.32. The van der Waals surface area contributed by atoms with Crippen LogP contribution >= 0.6 is 0 Å². The average molecular weight is 289 g/mol. The molecule has 0 aliphatic heterocycles. The first kappa shape index (κ1) is 15.5. The standard InChI is InChI=1S/C16H23N3O2/c1-10(2)14(16(20)21)19-13-9-7-6-8-12(13)17-15(19)11(3)18(4)5/h6-11,14H,1-5H3,(H,20,21). The van der Waals surface area contributed by atoms with Gasteiger partial charge in [-0.25, -0.2) is 9.78 Å². The van der Waals surface area contributed by atoms with Gasteiger partial charge in [0.2, 0.25) is 0 Å². The molecule has 2 atom stereocenters. The molecule has 0 saturated carbocycles. The molecule has 5 heteroatoms. The number of rotatable bonds is 5. The molecule has 0 saturated heterocycles. The molecule has 2 rings (SSSR count). The van der Waals surface area contributed by atoms with Crippen molar-refractivity contribution in [2.45, 2.75) is 32.9 Å². The van der Waals surface area contributed by atoms with Crippen LogP contribution in [0.25, 0.3) is 11.0 Å². The highest BCUT2D eigenvalue weighted by Gasteiger charge is 2.30. The van der Waals surface area contributed by atoms with E-state index in [9.17, 15) is 9.90 Å². The third-order valence-electron chi connectivity index (χ3n) is 3.93. The van der Waals surface area contributed by atoms with Gasteiger partial charge in [-0.1, -0.05) is 26.0 Å². The van der Waals surface area contributed by atoms with Gasteiger partial charge < -0.3 is 9.67 Å². The summed E-state index contributed by atoms with van der Waals surface area (Å²) in [6.45, 7) is 5.90. The highest BCUT2D eigenvalue weighted by atomic mass is 16.4. The molecule has 0 bridgehead atoms. The summed E-state index contributed by atoms with van der Waals surface area (Å²) in [6, 6.07) is 7.13. The maximum Gasteiger partial charge on any atom is 0.327 e. The number of hydrogen-bond acceptors (Lipinski definition) is 3. The number of nitrogens with zero attached hydrogens (tertiary/aromatic N) is 3. The minimum atomic E-state index is -0.819. The fourth-order valence-electron chi connectivity index (χ4n) is 2.57. The second-order valence-corrected chi connectivity index (χ2v) is 6.00. The van der Waals surface area contributed by atoms with E-state index in [-0.39, 0.29) is 12.0 Å². The number of aliphatic carboxylic acids is 1. The Labute approximate surface area is 125 Å². The summed E-state index contributed by atoms with van der Waals surface area (Å²) in [5, 5.41) is 9.66. The van der Waals surface area contributed by atoms with Crippen molar-refractivity contribution in [1.29, 1.82) is 0 Å². The summed E-state index contributed by atoms with van der Waals surface area (Å²) in [7, 11) is 3.94. The van der Waals surface area contributed by atoms with Gasteiger partial charge in [0, 0.05) is 0 Å². The van der Waals surface area contributed by atoms with Gasteiger partial charge in [-0.3, -0.25) is 4.90 Å². The molecule has 0 aliphatic carbocycles. The zero-order valence-electron chi connectivity index (χ0n) is 13.2. The fraction of sp³-hybridized carbons (Fsp3) is 0.500. The number of benzene rings is 1. The number of aromatic nitrogens is 2. The van der Waals surface area contributed by atoms with Crippen LogP contribution in [0.4, 0.5) is 0 Å². The van der Waals surface area contributed by atoms with Crippen LogP contribution in [-0.4, -0.2) is 39.6 Å². The van der Waals surface area contributed by atoms with Crippen LogP contribution in [0.5, 0.6) is 0 Å². The molecule has 1 heterocycles. The predicted molar refractivity (Wildman–Crippen MR) is 83.3 cm³/mol. The summed E-state index contributed by atoms with van der Waals surface area (Å²) >= 11 is 0. The van der Waals surface area contributed by atoms with Gasteiger partial charge in [-0.05, 0) is 39.1 Å². The smallest absolute Gasteiger partial charge is 0.327 e. The van der Waals surface area contributed by atoms with E-state index in [0.29, 0.717) is 0 Å². The number of para-hydroxylation sites is 2. The van der Waals surface area contributed by atoms with Crippen LogP contribution in [0.1, 0.15) is 38.7 Å². The third kappa shape index (κ3) is 2.78. The first-order valence-electron chi connectivity index (χ1n) is 7.20. The Bertz CT molecular complexity index is 646. The highest BCUT2D eigenvalue weighted by molar-refractivity contribution is 5.80. The average Bonchev–Trinajstić information content (AvgIpc) is 2.76. The van der Waals surface area contributed by atoms with E-state index in [0.717, 1.165) is 16.9 Å². The van der Waals surface area contributed by atoms with Gasteiger partial charge in [-0.2, -0.15) is 0 Å². The van der Waals surface area contributed by atoms with Gasteiger partial charge in [0.1, 0.15) is 11.9 Å². The molecule has 0 aliphatic rings. The molecule has 2 unspecified atom stereocenters. The zero-order chi connectivity index (χ0) is 15.7. The van der Waals surface area contributed by atoms with Crippen molar-refractivity contribution in [3.05, 3.63) is 30.1 Å². The first-order valence-corrected chi connectivity index (χ1v) is 7.20. The zero-order valence-corrected chi connectivity index (χ0v) is 13.2. The largest absolute Gasteiger partial charge is 0.480 e. The van der Waals surface area contributed by atoms with Crippen molar-refractivity contribution in [3.63, 3.8) is 0 Å². The lowest BCUT2D eigenvalue weighted by molar-refractivity contribution is -0.142. The molecule has 1 aromatic carbocycles. The minimum Gasteiger partial charge on any atom is -0.480 e. The SMILES string of the molecule is CC(C)C(C(=O)O)n1c(C(C)N(C)C)nc2ccccc21. The van der Waals surface area contributed by atoms with Crippen LogP contribution in [0, 0.1) is 5.92 Å². The van der Waals surface area contributed by atoms with Crippen LogP contribution in [0.3, 0.4) is 0 Å². The Morgan fingerprint density at radius 3 is 2.38 bits per heavy atom. The van der Waals surface area contributed by atoms with Gasteiger partial charge in [-0.15, -0.1) is 0 Å². The summed E-state index contributed by atoms with van der Waals surface area (Å²) < 4.78 is 1.88. The number of carboxylic acids is 1. The van der Waals surface area contributed by atoms with E-state index in [4.69, 9.17) is 0 Å². The lowest BCUT2D eigenvalue weighted by atomic mass is 10.0. The maximum absolute atomic E-state index is 11.8. The number of imidazole rings is 1. The third-order valence-corrected chi connectivity index (χ3v) is 3.93. The van der Waals surface area contributed by atoms with Crippen LogP contribution < -0.4 is 0 Å². The van der Waals surface area contributed by atoms with Crippen LogP contribution in [-0.2, 0) is 4.79 Å². The molecule has 2 aromatic rings. The Balaban J connectivity index is 2.73. The molecular formula is C16H23N3O2. The number of fused-ring (bicyclic) bond motifs is 1. The van der Waals surface area contributed by atoms with E-state index in [1.54, 1.807) is 0 Å². The van der Waals surface area contributed by atoms with Gasteiger partial charge in [0.25, 0.3) is 0 Å². The maximum atomic E-state index is 11.8. The molecule has 0 spiro atoms. The van der Waals surface area contributed by atoms with Gasteiger partial charge in [0.15, 0.2) is 0 Å². The van der Waals surface area contributed by atoms with Gasteiger partial charge in [0.05, 0.1) is 17.1 Å². The molecule has 114 valence electrons. The van der Waals surface area contributed by atoms with Crippen molar-refractivity contribution in [2.24, 2.45) is 5.92 Å². The van der Waals surface area contributed by atoms with E-state index in [1.807, 2.05) is 68.6 Å². The second kappa shape index (κ2) is 5.85. The molecule has 5 nitrogen and oxygen atoms in total. The molecule has 0 fully saturated rings. The highest BCUT2D eigenvalue weighted by Crippen LogP contribution is 2.30. The normalized spacial score (nSPS) is 14.8. The summed E-state index contributed by atoms with van der Waals surface area (Å²) in [6.07, 6.45) is 0. The number of carbonyl (C=O) groups is 1. The molecule has 1 N–H and O–H groups in total. The van der Waals surface area contributed by atoms with Crippen molar-refractivity contribution >= 4 is 17.0 Å². The Morgan fingerprint density at radius 2 is 1.86 bits per heavy atom. The second-order valence-electron chi connectivity index (χ2n) is 6.00. The summed E-state index contributed by atoms with van der Waals surface area (Å²) in [5.74, 6) is -0.0455. The summed E-state index contributed by atoms with van der Waals surface area (Å²) in [4.78, 5) is 18.5. The van der Waals surface area contributed by atoms with E-state index < -0.39 is 12.0 Å². The summed E-state index contributed by atoms with van der Waals surface area (Å²) in [5.41, 5.74) is 1.72. The number of hydrogen-bond donors (Lipinski definition) is 1. The lowest BCUT2D eigenvalue weighted by Gasteiger charge is -2.26. The van der Waals surface area contributed by atoms with Crippen molar-refractivity contribution in [2.75, 3.05) is 14.1 Å². The van der Waals surface area contributed by atoms with Crippen molar-refractivity contribution in [1.82, 2.24) is 14.5 Å². The molecule has 1 aromatic heterocycles. The molecule has 21 heavy (non-hydrogen) atoms. The fourth-order valence-corrected chi connectivity index (χ4v) is 2.57. The van der Waals surface area contributed by atoms with Crippen molar-refractivity contribution < 1.29 is 9.90 Å². The lowest BCUT2D eigenvalue weighted by Crippen LogP contribution is -2.29. The topological polar surface area (TPSA) is 58.4 Å².